The lowest BCUT2D eigenvalue weighted by molar-refractivity contribution is 0.669. The van der Waals surface area contributed by atoms with Crippen molar-refractivity contribution in [1.29, 1.82) is 0 Å². The van der Waals surface area contributed by atoms with Crippen LogP contribution in [0.25, 0.3) is 88.9 Å². The molecule has 0 radical (unpaired) electrons. The SMILES string of the molecule is [2H]c1cc2c(oc3c([2H])c([2H])c([2H])c(-c4cccc(-c5nc(-c6c([2H])c([2H])c([2H])c([2H])c6[2H])cc(-c6c([2H])c([2H])c([2H])c7c([2H])c(-c8ccccc8)c([2H])c([2H])c67)n5)c4)c32)c([2H])c1[2H]. The van der Waals surface area contributed by atoms with E-state index in [9.17, 15) is 4.11 Å². The lowest BCUT2D eigenvalue weighted by Gasteiger charge is -2.13. The molecule has 3 nitrogen and oxygen atoms in total. The third-order valence-corrected chi connectivity index (χ3v) is 7.67. The van der Waals surface area contributed by atoms with Gasteiger partial charge in [0.05, 0.1) is 34.7 Å². The van der Waals surface area contributed by atoms with Crippen molar-refractivity contribution in [2.24, 2.45) is 0 Å². The zero-order chi connectivity index (χ0) is 46.0. The summed E-state index contributed by atoms with van der Waals surface area (Å²) in [6.45, 7) is 0. The first kappa shape index (κ1) is 14.8. The molecule has 9 aromatic rings. The van der Waals surface area contributed by atoms with Crippen LogP contribution in [0.3, 0.4) is 0 Å². The van der Waals surface area contributed by atoms with Crippen LogP contribution in [0.2, 0.25) is 0 Å². The summed E-state index contributed by atoms with van der Waals surface area (Å²) < 4.78 is 155. The maximum Gasteiger partial charge on any atom is 0.160 e. The lowest BCUT2D eigenvalue weighted by atomic mass is 9.96. The van der Waals surface area contributed by atoms with Crippen LogP contribution in [0.1, 0.15) is 23.3 Å². The molecule has 7 aromatic carbocycles. The number of aromatic nitrogens is 2. The third kappa shape index (κ3) is 4.86. The van der Waals surface area contributed by atoms with Crippen molar-refractivity contribution in [2.75, 3.05) is 0 Å². The van der Waals surface area contributed by atoms with E-state index in [-0.39, 0.29) is 95.4 Å². The fourth-order valence-electron chi connectivity index (χ4n) is 5.51. The van der Waals surface area contributed by atoms with Crippen molar-refractivity contribution in [3.63, 3.8) is 0 Å². The molecule has 0 saturated carbocycles. The van der Waals surface area contributed by atoms with Crippen LogP contribution in [0.5, 0.6) is 0 Å². The Morgan fingerprint density at radius 1 is 0.468 bits per heavy atom. The number of benzene rings is 7. The lowest BCUT2D eigenvalue weighted by Crippen LogP contribution is -1.96. The van der Waals surface area contributed by atoms with Gasteiger partial charge in [-0.15, -0.1) is 0 Å². The van der Waals surface area contributed by atoms with Gasteiger partial charge in [0.15, 0.2) is 5.82 Å². The molecule has 2 heterocycles. The monoisotopic (exact) mass is 617 g/mol. The molecule has 0 fully saturated rings. The minimum absolute atomic E-state index is 0.0234. The number of hydrogen-bond donors (Lipinski definition) is 0. The maximum absolute atomic E-state index is 9.28. The molecule has 0 atom stereocenters. The Hall–Kier alpha value is -6.32. The molecule has 220 valence electrons. The zero-order valence-corrected chi connectivity index (χ0v) is 24.2. The topological polar surface area (TPSA) is 38.9 Å². The van der Waals surface area contributed by atoms with Crippen molar-refractivity contribution in [1.82, 2.24) is 9.97 Å². The van der Waals surface area contributed by atoms with E-state index in [1.165, 1.54) is 18.2 Å². The van der Waals surface area contributed by atoms with Gasteiger partial charge in [-0.25, -0.2) is 9.97 Å². The summed E-state index contributed by atoms with van der Waals surface area (Å²) in [5.74, 6) is -0.191. The van der Waals surface area contributed by atoms with Crippen molar-refractivity contribution in [3.05, 3.63) is 169 Å². The van der Waals surface area contributed by atoms with Crippen LogP contribution in [0, 0.1) is 0 Å². The Bertz CT molecular complexity index is 3510. The number of fused-ring (bicyclic) bond motifs is 4. The number of rotatable bonds is 5. The predicted octanol–water partition coefficient (Wildman–Crippen LogP) is 11.9. The van der Waals surface area contributed by atoms with Gasteiger partial charge in [0.25, 0.3) is 0 Å². The summed E-state index contributed by atoms with van der Waals surface area (Å²) in [7, 11) is 0. The molecular weight excluding hydrogens is 572 g/mol. The van der Waals surface area contributed by atoms with E-state index in [1.807, 2.05) is 0 Å². The Morgan fingerprint density at radius 2 is 1.23 bits per heavy atom. The summed E-state index contributed by atoms with van der Waals surface area (Å²) in [6.07, 6.45) is 0. The molecule has 0 amide bonds. The average molecular weight is 618 g/mol. The molecule has 0 aliphatic carbocycles. The van der Waals surface area contributed by atoms with Crippen molar-refractivity contribution < 1.29 is 27.7 Å². The molecule has 0 saturated heterocycles. The van der Waals surface area contributed by atoms with Crippen molar-refractivity contribution in [2.45, 2.75) is 0 Å². The van der Waals surface area contributed by atoms with Crippen LogP contribution in [0.4, 0.5) is 0 Å². The first-order chi connectivity index (χ1) is 30.3. The van der Waals surface area contributed by atoms with Gasteiger partial charge in [-0.05, 0) is 63.3 Å². The standard InChI is InChI=1S/C44H28N2O/c1-3-12-29(13-4-1)31-24-25-35-32(26-31)17-10-21-37(35)40-28-39(30-14-5-2-6-15-30)45-44(46-40)34-18-9-16-33(27-34)36-20-11-23-42-43(36)38-19-7-8-22-41(38)47-42/h1-28H/i2D,5D,6D,7D,8D,10D,11D,14D,15D,17D,20D,21D,22D,23D,24D,25D,26D. The van der Waals surface area contributed by atoms with Crippen LogP contribution in [-0.2, 0) is 0 Å². The van der Waals surface area contributed by atoms with Gasteiger partial charge in [0.2, 0.25) is 0 Å². The zero-order valence-electron chi connectivity index (χ0n) is 41.2. The van der Waals surface area contributed by atoms with Gasteiger partial charge >= 0.3 is 0 Å². The van der Waals surface area contributed by atoms with Crippen LogP contribution >= 0.6 is 0 Å². The number of hydrogen-bond acceptors (Lipinski definition) is 3. The molecule has 0 N–H and O–H groups in total. The fraction of sp³-hybridized carbons (Fsp3) is 0. The average Bonchev–Trinajstić information content (AvgIpc) is 3.66. The van der Waals surface area contributed by atoms with Gasteiger partial charge in [0.1, 0.15) is 11.2 Å². The Labute approximate surface area is 296 Å². The Morgan fingerprint density at radius 3 is 2.15 bits per heavy atom. The second-order valence-electron chi connectivity index (χ2n) is 10.5. The molecule has 0 unspecified atom stereocenters. The quantitative estimate of drug-likeness (QED) is 0.193. The summed E-state index contributed by atoms with van der Waals surface area (Å²) in [6, 6.07) is 8.28. The molecule has 2 aromatic heterocycles. The van der Waals surface area contributed by atoms with E-state index >= 15 is 0 Å². The molecule has 0 bridgehead atoms. The van der Waals surface area contributed by atoms with E-state index in [0.29, 0.717) is 5.56 Å². The van der Waals surface area contributed by atoms with Crippen molar-refractivity contribution in [3.8, 4) is 56.2 Å². The first-order valence-electron chi connectivity index (χ1n) is 22.9. The highest BCUT2D eigenvalue weighted by atomic mass is 16.3. The highest BCUT2D eigenvalue weighted by Gasteiger charge is 2.16. The minimum atomic E-state index is -0.675. The Balaban J connectivity index is 1.38. The molecule has 0 aliphatic rings. The summed E-state index contributed by atoms with van der Waals surface area (Å²) in [4.78, 5) is 9.44. The Kier molecular flexibility index (Phi) is 3.55. The number of para-hydroxylation sites is 1. The van der Waals surface area contributed by atoms with Gasteiger partial charge < -0.3 is 4.42 Å². The predicted molar refractivity (Wildman–Crippen MR) is 194 cm³/mol. The summed E-state index contributed by atoms with van der Waals surface area (Å²) in [5.41, 5.74) is -0.423. The van der Waals surface area contributed by atoms with E-state index in [4.69, 9.17) is 28.6 Å². The van der Waals surface area contributed by atoms with Crippen molar-refractivity contribution >= 4 is 32.7 Å². The van der Waals surface area contributed by atoms with Crippen LogP contribution in [-0.4, -0.2) is 9.97 Å². The number of furan rings is 1. The molecular formula is C44H28N2O. The molecule has 0 aliphatic heterocycles. The molecule has 3 heteroatoms. The van der Waals surface area contributed by atoms with E-state index < -0.39 is 90.6 Å². The number of nitrogens with zero attached hydrogens (tertiary/aromatic N) is 2. The maximum atomic E-state index is 9.28. The highest BCUT2D eigenvalue weighted by molar-refractivity contribution is 6.12. The fourth-order valence-corrected chi connectivity index (χ4v) is 5.51. The normalized spacial score (nSPS) is 16.5. The van der Waals surface area contributed by atoms with Gasteiger partial charge in [0, 0.05) is 27.5 Å². The van der Waals surface area contributed by atoms with E-state index in [0.717, 1.165) is 0 Å². The minimum Gasteiger partial charge on any atom is -0.456 e. The van der Waals surface area contributed by atoms with E-state index in [2.05, 4.69) is 4.98 Å². The molecule has 47 heavy (non-hydrogen) atoms. The smallest absolute Gasteiger partial charge is 0.160 e. The second-order valence-corrected chi connectivity index (χ2v) is 10.5. The summed E-state index contributed by atoms with van der Waals surface area (Å²) in [5, 5.41) is -0.146. The largest absolute Gasteiger partial charge is 0.456 e. The van der Waals surface area contributed by atoms with Crippen LogP contribution < -0.4 is 0 Å². The van der Waals surface area contributed by atoms with Crippen LogP contribution in [0.15, 0.2) is 174 Å². The molecule has 9 rings (SSSR count). The first-order valence-corrected chi connectivity index (χ1v) is 14.4. The van der Waals surface area contributed by atoms with E-state index in [1.54, 1.807) is 48.5 Å². The second kappa shape index (κ2) is 11.2. The molecule has 0 spiro atoms. The van der Waals surface area contributed by atoms with Gasteiger partial charge in [-0.2, -0.15) is 0 Å². The highest BCUT2D eigenvalue weighted by Crippen LogP contribution is 2.38. The summed E-state index contributed by atoms with van der Waals surface area (Å²) >= 11 is 0. The van der Waals surface area contributed by atoms with Gasteiger partial charge in [-0.3, -0.25) is 0 Å². The van der Waals surface area contributed by atoms with Gasteiger partial charge in [-0.1, -0.05) is 139 Å². The third-order valence-electron chi connectivity index (χ3n) is 7.67.